The van der Waals surface area contributed by atoms with E-state index < -0.39 is 30.0 Å². The van der Waals surface area contributed by atoms with Gasteiger partial charge in [-0.15, -0.1) is 0 Å². The summed E-state index contributed by atoms with van der Waals surface area (Å²) in [5.41, 5.74) is 0.438. The van der Waals surface area contributed by atoms with Crippen LogP contribution in [-0.4, -0.2) is 16.9 Å². The van der Waals surface area contributed by atoms with Gasteiger partial charge in [-0.1, -0.05) is 25.1 Å². The van der Waals surface area contributed by atoms with Crippen molar-refractivity contribution >= 4 is 11.4 Å². The summed E-state index contributed by atoms with van der Waals surface area (Å²) in [6.45, 7) is 3.38. The summed E-state index contributed by atoms with van der Waals surface area (Å²) in [6, 6.07) is 4.35. The lowest BCUT2D eigenvalue weighted by atomic mass is 9.95. The summed E-state index contributed by atoms with van der Waals surface area (Å²) in [5, 5.41) is 0. The Bertz CT molecular complexity index is 976. The normalized spacial score (nSPS) is 20.3. The molecule has 0 saturated heterocycles. The Morgan fingerprint density at radius 1 is 1.16 bits per heavy atom. The molecule has 1 heterocycles. The van der Waals surface area contributed by atoms with E-state index >= 15 is 0 Å². The van der Waals surface area contributed by atoms with Crippen LogP contribution in [0.4, 0.5) is 32.0 Å². The molecule has 3 rings (SSSR count). The molecule has 0 amide bonds. The highest BCUT2D eigenvalue weighted by molar-refractivity contribution is 6.00. The minimum Gasteiger partial charge on any atom is -0.259 e. The molecule has 1 aromatic carbocycles. The zero-order chi connectivity index (χ0) is 22.8. The van der Waals surface area contributed by atoms with Crippen LogP contribution in [0.25, 0.3) is 0 Å². The van der Waals surface area contributed by atoms with Crippen molar-refractivity contribution < 1.29 is 26.3 Å². The van der Waals surface area contributed by atoms with Crippen LogP contribution in [0.5, 0.6) is 0 Å². The smallest absolute Gasteiger partial charge is 0.259 e. The second-order valence-corrected chi connectivity index (χ2v) is 7.94. The van der Waals surface area contributed by atoms with Gasteiger partial charge in [0.15, 0.2) is 11.6 Å². The number of allylic oxidation sites excluding steroid dienone is 2. The molecule has 2 nitrogen and oxygen atoms in total. The minimum atomic E-state index is -4.20. The van der Waals surface area contributed by atoms with Crippen molar-refractivity contribution in [1.29, 1.82) is 0 Å². The third-order valence-electron chi connectivity index (χ3n) is 5.45. The maximum Gasteiger partial charge on any atom is 0.392 e. The van der Waals surface area contributed by atoms with E-state index in [1.807, 2.05) is 6.92 Å². The summed E-state index contributed by atoms with van der Waals surface area (Å²) < 4.78 is 78.9. The molecule has 1 aliphatic rings. The minimum absolute atomic E-state index is 0.0596. The Morgan fingerprint density at radius 3 is 2.45 bits per heavy atom. The average molecular weight is 440 g/mol. The second-order valence-electron chi connectivity index (χ2n) is 7.94. The highest BCUT2D eigenvalue weighted by Gasteiger charge is 2.39. The van der Waals surface area contributed by atoms with E-state index in [2.05, 4.69) is 9.98 Å². The molecule has 8 heteroatoms. The van der Waals surface area contributed by atoms with Crippen molar-refractivity contribution in [3.05, 3.63) is 71.3 Å². The highest BCUT2D eigenvalue weighted by atomic mass is 19.4. The van der Waals surface area contributed by atoms with Crippen molar-refractivity contribution in [3.8, 4) is 0 Å². The first-order valence-electron chi connectivity index (χ1n) is 9.91. The van der Waals surface area contributed by atoms with Crippen LogP contribution in [0.15, 0.2) is 47.7 Å². The lowest BCUT2D eigenvalue weighted by Crippen LogP contribution is -2.06. The third kappa shape index (κ3) is 6.18. The number of aliphatic imine (C=N–C) groups is 1. The van der Waals surface area contributed by atoms with Crippen LogP contribution in [0, 0.1) is 35.2 Å². The largest absolute Gasteiger partial charge is 0.392 e. The lowest BCUT2D eigenvalue weighted by Gasteiger charge is -2.12. The number of hydrogen-bond acceptors (Lipinski definition) is 2. The SMILES string of the molecule is CC(=Nc1ccc(CC(C)C2CC2C=CCC(F)(F)F)c(F)c1)c1c(F)cncc1F. The second kappa shape index (κ2) is 9.24. The summed E-state index contributed by atoms with van der Waals surface area (Å²) in [5.74, 6) is -1.77. The van der Waals surface area contributed by atoms with Gasteiger partial charge in [-0.3, -0.25) is 9.98 Å². The Labute approximate surface area is 176 Å². The summed E-state index contributed by atoms with van der Waals surface area (Å²) in [4.78, 5) is 7.53. The predicted molar refractivity (Wildman–Crippen MR) is 107 cm³/mol. The zero-order valence-corrected chi connectivity index (χ0v) is 17.1. The van der Waals surface area contributed by atoms with E-state index in [0.29, 0.717) is 12.0 Å². The molecular formula is C23H22F6N2. The number of pyridine rings is 1. The van der Waals surface area contributed by atoms with Gasteiger partial charge in [0.1, 0.15) is 5.82 Å². The van der Waals surface area contributed by atoms with Gasteiger partial charge in [0, 0.05) is 0 Å². The van der Waals surface area contributed by atoms with Crippen molar-refractivity contribution in [2.75, 3.05) is 0 Å². The molecule has 3 atom stereocenters. The molecule has 0 aliphatic heterocycles. The van der Waals surface area contributed by atoms with Gasteiger partial charge < -0.3 is 0 Å². The predicted octanol–water partition coefficient (Wildman–Crippen LogP) is 6.96. The quantitative estimate of drug-likeness (QED) is 0.259. The fourth-order valence-electron chi connectivity index (χ4n) is 3.76. The van der Waals surface area contributed by atoms with Crippen molar-refractivity contribution in [2.45, 2.75) is 39.3 Å². The first kappa shape index (κ1) is 23.0. The summed E-state index contributed by atoms with van der Waals surface area (Å²) in [7, 11) is 0. The van der Waals surface area contributed by atoms with Crippen molar-refractivity contribution in [1.82, 2.24) is 4.98 Å². The van der Waals surface area contributed by atoms with Crippen LogP contribution in [0.1, 0.15) is 37.8 Å². The van der Waals surface area contributed by atoms with Crippen LogP contribution in [0.2, 0.25) is 0 Å². The number of alkyl halides is 3. The Kier molecular flexibility index (Phi) is 6.86. The molecule has 31 heavy (non-hydrogen) atoms. The molecule has 0 bridgehead atoms. The monoisotopic (exact) mass is 440 g/mol. The van der Waals surface area contributed by atoms with Crippen LogP contribution in [-0.2, 0) is 6.42 Å². The van der Waals surface area contributed by atoms with E-state index in [1.54, 1.807) is 18.2 Å². The maximum atomic E-state index is 14.6. The Morgan fingerprint density at radius 2 is 1.84 bits per heavy atom. The van der Waals surface area contributed by atoms with Crippen LogP contribution in [0.3, 0.4) is 0 Å². The van der Waals surface area contributed by atoms with Gasteiger partial charge in [0.25, 0.3) is 0 Å². The molecule has 0 radical (unpaired) electrons. The molecule has 1 saturated carbocycles. The highest BCUT2D eigenvalue weighted by Crippen LogP contribution is 2.46. The first-order valence-corrected chi connectivity index (χ1v) is 9.91. The summed E-state index contributed by atoms with van der Waals surface area (Å²) in [6.07, 6.45) is 0.613. The van der Waals surface area contributed by atoms with Crippen LogP contribution < -0.4 is 0 Å². The molecule has 1 aromatic heterocycles. The zero-order valence-electron chi connectivity index (χ0n) is 17.1. The van der Waals surface area contributed by atoms with E-state index in [9.17, 15) is 26.3 Å². The number of halogens is 6. The topological polar surface area (TPSA) is 25.2 Å². The molecule has 1 aliphatic carbocycles. The van der Waals surface area contributed by atoms with Crippen molar-refractivity contribution in [3.63, 3.8) is 0 Å². The van der Waals surface area contributed by atoms with Gasteiger partial charge in [0.05, 0.1) is 35.8 Å². The molecule has 166 valence electrons. The Hall–Kier alpha value is -2.64. The number of rotatable bonds is 7. The molecule has 3 unspecified atom stereocenters. The van der Waals surface area contributed by atoms with E-state index in [1.165, 1.54) is 13.0 Å². The molecule has 0 spiro atoms. The fraction of sp³-hybridized carbons (Fsp3) is 0.391. The van der Waals surface area contributed by atoms with Crippen molar-refractivity contribution in [2.24, 2.45) is 22.7 Å². The van der Waals surface area contributed by atoms with Gasteiger partial charge in [-0.25, -0.2) is 13.2 Å². The average Bonchev–Trinajstić information content (AvgIpc) is 3.42. The third-order valence-corrected chi connectivity index (χ3v) is 5.45. The van der Waals surface area contributed by atoms with Gasteiger partial charge in [0.2, 0.25) is 0 Å². The fourth-order valence-corrected chi connectivity index (χ4v) is 3.76. The van der Waals surface area contributed by atoms with E-state index in [4.69, 9.17) is 0 Å². The lowest BCUT2D eigenvalue weighted by molar-refractivity contribution is -0.125. The van der Waals surface area contributed by atoms with Gasteiger partial charge >= 0.3 is 6.18 Å². The van der Waals surface area contributed by atoms with E-state index in [0.717, 1.165) is 24.9 Å². The summed E-state index contributed by atoms with van der Waals surface area (Å²) >= 11 is 0. The standard InChI is InChI=1S/C23H22F6N2/c1-13(18-9-15(18)4-3-7-23(27,28)29)8-16-5-6-17(10-19(16)24)31-14(2)22-20(25)11-30-12-21(22)26/h3-6,10-13,15,18H,7-9H2,1-2H3. The molecule has 0 N–H and O–H groups in total. The van der Waals surface area contributed by atoms with Gasteiger partial charge in [-0.05, 0) is 55.2 Å². The molecular weight excluding hydrogens is 418 g/mol. The maximum absolute atomic E-state index is 14.6. The molecule has 2 aromatic rings. The molecule has 1 fully saturated rings. The number of aromatic nitrogens is 1. The van der Waals surface area contributed by atoms with Gasteiger partial charge in [-0.2, -0.15) is 13.2 Å². The number of benzene rings is 1. The number of hydrogen-bond donors (Lipinski definition) is 0. The number of nitrogens with zero attached hydrogens (tertiary/aromatic N) is 2. The van der Waals surface area contributed by atoms with E-state index in [-0.39, 0.29) is 34.7 Å². The van der Waals surface area contributed by atoms with Crippen LogP contribution >= 0.6 is 0 Å². The first-order chi connectivity index (χ1) is 14.5. The Balaban J connectivity index is 1.64.